The summed E-state index contributed by atoms with van der Waals surface area (Å²) in [4.78, 5) is 41.3. The van der Waals surface area contributed by atoms with E-state index in [0.717, 1.165) is 32.4 Å². The van der Waals surface area contributed by atoms with E-state index in [2.05, 4.69) is 5.32 Å². The van der Waals surface area contributed by atoms with Crippen molar-refractivity contribution in [3.05, 3.63) is 48.0 Å². The highest BCUT2D eigenvalue weighted by Crippen LogP contribution is 2.33. The van der Waals surface area contributed by atoms with E-state index in [1.54, 1.807) is 49.6 Å². The molecule has 0 radical (unpaired) electrons. The first-order valence-electron chi connectivity index (χ1n) is 10.4. The molecule has 2 aromatic carbocycles. The van der Waals surface area contributed by atoms with Crippen LogP contribution in [-0.4, -0.2) is 56.0 Å². The summed E-state index contributed by atoms with van der Waals surface area (Å²) < 4.78 is 10.7. The van der Waals surface area contributed by atoms with Crippen molar-refractivity contribution in [1.29, 1.82) is 0 Å². The Balaban J connectivity index is 1.52. The lowest BCUT2D eigenvalue weighted by molar-refractivity contribution is -0.123. The smallest absolute Gasteiger partial charge is 0.265 e. The number of nitrogens with one attached hydrogen (secondary N) is 1. The van der Waals surface area contributed by atoms with Gasteiger partial charge in [-0.25, -0.2) is 0 Å². The summed E-state index contributed by atoms with van der Waals surface area (Å²) in [6.07, 6.45) is 3.12. The minimum absolute atomic E-state index is 0.0682. The summed E-state index contributed by atoms with van der Waals surface area (Å²) in [6.45, 7) is 1.13. The zero-order valence-electron chi connectivity index (χ0n) is 17.4. The summed E-state index contributed by atoms with van der Waals surface area (Å²) in [5, 5.41) is 2.78. The number of hydrogen-bond acceptors (Lipinski definition) is 5. The molecule has 1 fully saturated rings. The van der Waals surface area contributed by atoms with Gasteiger partial charge in [0.2, 0.25) is 5.91 Å². The zero-order chi connectivity index (χ0) is 21.8. The van der Waals surface area contributed by atoms with E-state index in [4.69, 9.17) is 9.47 Å². The molecule has 3 amide bonds. The molecule has 2 aliphatic heterocycles. The van der Waals surface area contributed by atoms with E-state index in [1.165, 1.54) is 4.90 Å². The van der Waals surface area contributed by atoms with E-state index in [0.29, 0.717) is 28.4 Å². The lowest BCUT2D eigenvalue weighted by atomic mass is 10.1. The van der Waals surface area contributed by atoms with Crippen molar-refractivity contribution in [3.63, 3.8) is 0 Å². The number of likely N-dealkylation sites (tertiary alicyclic amines) is 1. The van der Waals surface area contributed by atoms with Crippen molar-refractivity contribution in [1.82, 2.24) is 4.90 Å². The Morgan fingerprint density at radius 3 is 2.68 bits per heavy atom. The third-order valence-electron chi connectivity index (χ3n) is 5.45. The van der Waals surface area contributed by atoms with Gasteiger partial charge in [-0.05, 0) is 49.6 Å². The molecule has 31 heavy (non-hydrogen) atoms. The molecule has 0 atom stereocenters. The van der Waals surface area contributed by atoms with E-state index < -0.39 is 0 Å². The second-order valence-corrected chi connectivity index (χ2v) is 7.58. The van der Waals surface area contributed by atoms with Gasteiger partial charge in [-0.3, -0.25) is 19.3 Å². The Morgan fingerprint density at radius 2 is 1.90 bits per heavy atom. The van der Waals surface area contributed by atoms with Crippen LogP contribution in [-0.2, 0) is 9.59 Å². The Kier molecular flexibility index (Phi) is 6.06. The van der Waals surface area contributed by atoms with Gasteiger partial charge < -0.3 is 19.7 Å². The first-order valence-corrected chi connectivity index (χ1v) is 10.4. The van der Waals surface area contributed by atoms with Crippen molar-refractivity contribution in [2.75, 3.05) is 43.6 Å². The fourth-order valence-electron chi connectivity index (χ4n) is 3.83. The number of rotatable bonds is 5. The monoisotopic (exact) mass is 423 g/mol. The highest BCUT2D eigenvalue weighted by Gasteiger charge is 2.29. The number of anilines is 2. The largest absolute Gasteiger partial charge is 0.497 e. The number of carbonyl (C=O) groups excluding carboxylic acids is 3. The average molecular weight is 423 g/mol. The van der Waals surface area contributed by atoms with E-state index >= 15 is 0 Å². The SMILES string of the molecule is COc1cccc(NC(=O)CN2C(=O)COc3ccc(C(=O)N4CCCCC4)cc32)c1. The van der Waals surface area contributed by atoms with Crippen LogP contribution in [0.3, 0.4) is 0 Å². The van der Waals surface area contributed by atoms with Gasteiger partial charge >= 0.3 is 0 Å². The predicted molar refractivity (Wildman–Crippen MR) is 116 cm³/mol. The fraction of sp³-hybridized carbons (Fsp3) is 0.348. The molecule has 0 saturated carbocycles. The van der Waals surface area contributed by atoms with Crippen LogP contribution in [0.25, 0.3) is 0 Å². The molecule has 2 aliphatic rings. The molecule has 8 heteroatoms. The van der Waals surface area contributed by atoms with Crippen LogP contribution < -0.4 is 19.7 Å². The lowest BCUT2D eigenvalue weighted by Crippen LogP contribution is -2.43. The van der Waals surface area contributed by atoms with Crippen LogP contribution in [0.1, 0.15) is 29.6 Å². The second-order valence-electron chi connectivity index (χ2n) is 7.58. The Bertz CT molecular complexity index is 1000. The van der Waals surface area contributed by atoms with Crippen molar-refractivity contribution in [2.24, 2.45) is 0 Å². The summed E-state index contributed by atoms with van der Waals surface area (Å²) in [5.74, 6) is 0.329. The minimum Gasteiger partial charge on any atom is -0.497 e. The molecule has 0 aromatic heterocycles. The molecular formula is C23H25N3O5. The molecule has 0 unspecified atom stereocenters. The van der Waals surface area contributed by atoms with E-state index in [9.17, 15) is 14.4 Å². The van der Waals surface area contributed by atoms with Crippen molar-refractivity contribution in [2.45, 2.75) is 19.3 Å². The highest BCUT2D eigenvalue weighted by molar-refractivity contribution is 6.06. The number of hydrogen-bond donors (Lipinski definition) is 1. The van der Waals surface area contributed by atoms with Crippen LogP contribution in [0.15, 0.2) is 42.5 Å². The molecule has 2 aromatic rings. The molecule has 0 spiro atoms. The van der Waals surface area contributed by atoms with Crippen LogP contribution in [0.5, 0.6) is 11.5 Å². The average Bonchev–Trinajstić information content (AvgIpc) is 2.81. The first-order chi connectivity index (χ1) is 15.0. The Hall–Kier alpha value is -3.55. The number of carbonyl (C=O) groups is 3. The maximum atomic E-state index is 12.9. The van der Waals surface area contributed by atoms with Gasteiger partial charge in [0, 0.05) is 30.4 Å². The number of piperidine rings is 1. The van der Waals surface area contributed by atoms with Gasteiger partial charge in [0.1, 0.15) is 18.0 Å². The first kappa shape index (κ1) is 20.7. The fourth-order valence-corrected chi connectivity index (χ4v) is 3.83. The van der Waals surface area contributed by atoms with Crippen molar-refractivity contribution in [3.8, 4) is 11.5 Å². The molecular weight excluding hydrogens is 398 g/mol. The summed E-state index contributed by atoms with van der Waals surface area (Å²) in [6, 6.07) is 12.0. The molecule has 1 N–H and O–H groups in total. The van der Waals surface area contributed by atoms with Gasteiger partial charge in [0.25, 0.3) is 11.8 Å². The molecule has 0 aliphatic carbocycles. The number of nitrogens with zero attached hydrogens (tertiary/aromatic N) is 2. The second kappa shape index (κ2) is 9.07. The van der Waals surface area contributed by atoms with Gasteiger partial charge in [0.05, 0.1) is 12.8 Å². The quantitative estimate of drug-likeness (QED) is 0.799. The minimum atomic E-state index is -0.359. The number of amides is 3. The third kappa shape index (κ3) is 4.63. The van der Waals surface area contributed by atoms with Crippen LogP contribution in [0.4, 0.5) is 11.4 Å². The van der Waals surface area contributed by atoms with Gasteiger partial charge in [0.15, 0.2) is 6.61 Å². The molecule has 1 saturated heterocycles. The number of fused-ring (bicyclic) bond motifs is 1. The van der Waals surface area contributed by atoms with Crippen LogP contribution in [0, 0.1) is 0 Å². The number of ether oxygens (including phenoxy) is 2. The van der Waals surface area contributed by atoms with Gasteiger partial charge in [-0.1, -0.05) is 6.07 Å². The zero-order valence-corrected chi connectivity index (χ0v) is 17.4. The van der Waals surface area contributed by atoms with Gasteiger partial charge in [-0.2, -0.15) is 0 Å². The molecule has 0 bridgehead atoms. The topological polar surface area (TPSA) is 88.2 Å². The number of methoxy groups -OCH3 is 1. The lowest BCUT2D eigenvalue weighted by Gasteiger charge is -2.30. The van der Waals surface area contributed by atoms with Gasteiger partial charge in [-0.15, -0.1) is 0 Å². The molecule has 8 nitrogen and oxygen atoms in total. The van der Waals surface area contributed by atoms with E-state index in [-0.39, 0.29) is 30.9 Å². The Labute approximate surface area is 180 Å². The van der Waals surface area contributed by atoms with Crippen molar-refractivity contribution < 1.29 is 23.9 Å². The maximum Gasteiger partial charge on any atom is 0.265 e. The Morgan fingerprint density at radius 1 is 1.10 bits per heavy atom. The van der Waals surface area contributed by atoms with Crippen LogP contribution >= 0.6 is 0 Å². The van der Waals surface area contributed by atoms with Crippen molar-refractivity contribution >= 4 is 29.1 Å². The maximum absolute atomic E-state index is 12.9. The normalized spacial score (nSPS) is 15.7. The highest BCUT2D eigenvalue weighted by atomic mass is 16.5. The van der Waals surface area contributed by atoms with Crippen LogP contribution in [0.2, 0.25) is 0 Å². The molecule has 2 heterocycles. The summed E-state index contributed by atoms with van der Waals surface area (Å²) >= 11 is 0. The standard InChI is InChI=1S/C23H25N3O5/c1-30-18-7-5-6-17(13-18)24-21(27)14-26-19-12-16(8-9-20(19)31-15-22(26)28)23(29)25-10-3-2-4-11-25/h5-9,12-13H,2-4,10-11,14-15H2,1H3,(H,24,27). The molecule has 162 valence electrons. The predicted octanol–water partition coefficient (Wildman–Crippen LogP) is 2.69. The number of benzene rings is 2. The summed E-state index contributed by atoms with van der Waals surface area (Å²) in [7, 11) is 1.55. The summed E-state index contributed by atoms with van der Waals surface area (Å²) in [5.41, 5.74) is 1.48. The third-order valence-corrected chi connectivity index (χ3v) is 5.45. The molecule has 4 rings (SSSR count). The van der Waals surface area contributed by atoms with E-state index in [1.807, 2.05) is 4.90 Å².